The number of hydrogen-bond acceptors (Lipinski definition) is 1. The summed E-state index contributed by atoms with van der Waals surface area (Å²) in [5.41, 5.74) is 11.0. The molecule has 7 rings (SSSR count). The topological polar surface area (TPSA) is 13.1 Å². The van der Waals surface area contributed by atoms with Crippen molar-refractivity contribution >= 4 is 19.3 Å². The van der Waals surface area contributed by atoms with Crippen LogP contribution in [0.3, 0.4) is 0 Å². The molecule has 3 heterocycles. The fraction of sp³-hybridized carbons (Fsp3) is 0.259. The van der Waals surface area contributed by atoms with Crippen LogP contribution < -0.4 is 24.8 Å². The molecule has 2 unspecified atom stereocenters. The molecule has 163 valence electrons. The van der Waals surface area contributed by atoms with Crippen LogP contribution in [0.1, 0.15) is 51.2 Å². The second kappa shape index (κ2) is 9.26. The van der Waals surface area contributed by atoms with Crippen molar-refractivity contribution < 1.29 is 54.0 Å². The maximum atomic E-state index is 5.76. The van der Waals surface area contributed by atoms with Gasteiger partial charge in [-0.3, -0.25) is 0 Å². The molecule has 0 saturated heterocycles. The number of allylic oxidation sites excluding steroid dienone is 2. The Balaban J connectivity index is 0.000000175. The van der Waals surface area contributed by atoms with Gasteiger partial charge >= 0.3 is 118 Å². The van der Waals surface area contributed by atoms with Gasteiger partial charge in [-0.15, -0.1) is 0 Å². The van der Waals surface area contributed by atoms with Crippen LogP contribution in [0.5, 0.6) is 0 Å². The molecule has 0 radical (unpaired) electrons. The summed E-state index contributed by atoms with van der Waals surface area (Å²) in [6.45, 7) is 11.5. The molecule has 0 spiro atoms. The summed E-state index contributed by atoms with van der Waals surface area (Å²) in [7, 11) is -1.10. The zero-order chi connectivity index (χ0) is 21.2. The standard InChI is InChI=1S/C16H13.C11H14OSi.2ClH.Zr/c1-12-10-14-8-5-9-15(16(14)11-12)13-6-3-2-4-7-13;1-6-5-8-9(12-6)11-7(2)10(8)13(11,3)4;;;/h2-11H,1H3;5,10H,1-4H3;2*1H;/q;;;;+2/p-2. The van der Waals surface area contributed by atoms with Gasteiger partial charge in [0.1, 0.15) is 11.5 Å². The Labute approximate surface area is 220 Å². The first-order chi connectivity index (χ1) is 14.3. The Kier molecular flexibility index (Phi) is 7.38. The van der Waals surface area contributed by atoms with Gasteiger partial charge in [0.15, 0.2) is 0 Å². The summed E-state index contributed by atoms with van der Waals surface area (Å²) < 4.78 is 6.42. The van der Waals surface area contributed by atoms with E-state index >= 15 is 0 Å². The van der Waals surface area contributed by atoms with Gasteiger partial charge in [-0.1, -0.05) is 18.7 Å². The Morgan fingerprint density at radius 1 is 0.875 bits per heavy atom. The molecular weight excluding hydrogens is 531 g/mol. The van der Waals surface area contributed by atoms with Crippen LogP contribution >= 0.6 is 0 Å². The van der Waals surface area contributed by atoms with Crippen molar-refractivity contribution in [2.45, 2.75) is 43.0 Å². The molecule has 0 N–H and O–H groups in total. The average Bonchev–Trinajstić information content (AvgIpc) is 3.36. The molecule has 1 aromatic heterocycles. The van der Waals surface area contributed by atoms with Crippen molar-refractivity contribution in [1.82, 2.24) is 0 Å². The molecule has 2 atom stereocenters. The zero-order valence-corrected chi connectivity index (χ0v) is 24.1. The smallest absolute Gasteiger partial charge is 1.00 e. The molecule has 3 aromatic rings. The third-order valence-corrected chi connectivity index (χ3v) is 13.0. The number of rotatable bonds is 1. The summed E-state index contributed by atoms with van der Waals surface area (Å²) in [5, 5.41) is 1.60. The molecule has 2 bridgehead atoms. The van der Waals surface area contributed by atoms with Gasteiger partial charge in [0, 0.05) is 11.1 Å². The minimum Gasteiger partial charge on any atom is -1.00 e. The fourth-order valence-corrected chi connectivity index (χ4v) is 10.8. The first-order valence-electron chi connectivity index (χ1n) is 10.7. The minimum absolute atomic E-state index is 0. The van der Waals surface area contributed by atoms with Gasteiger partial charge in [0.2, 0.25) is 0 Å². The predicted molar refractivity (Wildman–Crippen MR) is 125 cm³/mol. The van der Waals surface area contributed by atoms with E-state index in [0.29, 0.717) is 3.63 Å². The van der Waals surface area contributed by atoms with Crippen molar-refractivity contribution in [3.8, 4) is 11.1 Å². The van der Waals surface area contributed by atoms with Crippen LogP contribution in [0.15, 0.2) is 70.2 Å². The molecule has 5 heteroatoms. The van der Waals surface area contributed by atoms with Crippen LogP contribution in [0.25, 0.3) is 22.4 Å². The average molecular weight is 558 g/mol. The molecule has 2 aromatic carbocycles. The largest absolute Gasteiger partial charge is 1.00 e. The molecule has 2 aliphatic carbocycles. The summed E-state index contributed by atoms with van der Waals surface area (Å²) in [6, 6.07) is 19.6. The second-order valence-corrected chi connectivity index (χ2v) is 15.3. The fourth-order valence-electron chi connectivity index (χ4n) is 5.72. The Morgan fingerprint density at radius 3 is 2.19 bits per heavy atom. The van der Waals surface area contributed by atoms with E-state index in [4.69, 9.17) is 4.42 Å². The van der Waals surface area contributed by atoms with E-state index in [2.05, 4.69) is 87.6 Å². The first-order valence-corrected chi connectivity index (χ1v) is 15.2. The van der Waals surface area contributed by atoms with Gasteiger partial charge in [0.05, 0.1) is 8.07 Å². The van der Waals surface area contributed by atoms with Crippen molar-refractivity contribution in [2.24, 2.45) is 0 Å². The zero-order valence-electron chi connectivity index (χ0n) is 19.1. The van der Waals surface area contributed by atoms with Gasteiger partial charge in [-0.2, -0.15) is 0 Å². The number of aryl methyl sites for hydroxylation is 1. The van der Waals surface area contributed by atoms with Gasteiger partial charge in [-0.25, -0.2) is 0 Å². The quantitative estimate of drug-likeness (QED) is 0.415. The van der Waals surface area contributed by atoms with E-state index in [1.807, 2.05) is 6.92 Å². The molecule has 32 heavy (non-hydrogen) atoms. The monoisotopic (exact) mass is 555 g/mol. The third kappa shape index (κ3) is 3.80. The number of benzene rings is 2. The normalized spacial score (nSPS) is 20.7. The van der Waals surface area contributed by atoms with Crippen molar-refractivity contribution in [3.63, 3.8) is 0 Å². The van der Waals surface area contributed by atoms with Gasteiger partial charge in [0.25, 0.3) is 0 Å². The minimum atomic E-state index is -1.10. The molecule has 2 aliphatic heterocycles. The molecule has 1 nitrogen and oxygen atoms in total. The first kappa shape index (κ1) is 25.5. The van der Waals surface area contributed by atoms with Crippen molar-refractivity contribution in [1.29, 1.82) is 0 Å². The maximum Gasteiger partial charge on any atom is -1.00 e. The molecule has 0 fully saturated rings. The second-order valence-electron chi connectivity index (χ2n) is 9.35. The van der Waals surface area contributed by atoms with Crippen LogP contribution in [0, 0.1) is 6.92 Å². The third-order valence-electron chi connectivity index (χ3n) is 6.98. The predicted octanol–water partition coefficient (Wildman–Crippen LogP) is 1.63. The van der Waals surface area contributed by atoms with Crippen LogP contribution in [-0.2, 0) is 24.7 Å². The number of fused-ring (bicyclic) bond motifs is 1. The Hall–Kier alpha value is -1.12. The van der Waals surface area contributed by atoms with Crippen LogP contribution in [0.4, 0.5) is 0 Å². The van der Waals surface area contributed by atoms with E-state index in [-0.39, 0.29) is 24.8 Å². The van der Waals surface area contributed by atoms with Gasteiger partial charge < -0.3 is 29.2 Å². The Morgan fingerprint density at radius 2 is 1.56 bits per heavy atom. The molecule has 0 amide bonds. The number of hydrogen-bond donors (Lipinski definition) is 0. The summed E-state index contributed by atoms with van der Waals surface area (Å²) in [5.74, 6) is 2.31. The van der Waals surface area contributed by atoms with E-state index in [1.54, 1.807) is 35.5 Å². The molecule has 4 aliphatic rings. The van der Waals surface area contributed by atoms with Crippen LogP contribution in [0.2, 0.25) is 13.1 Å². The van der Waals surface area contributed by atoms with E-state index < -0.39 is 8.07 Å². The van der Waals surface area contributed by atoms with Gasteiger partial charge in [-0.05, 0) is 25.1 Å². The van der Waals surface area contributed by atoms with Crippen LogP contribution in [-0.4, -0.2) is 8.07 Å². The summed E-state index contributed by atoms with van der Waals surface area (Å²) in [6.07, 6.45) is 2.36. The number of furan rings is 1. The van der Waals surface area contributed by atoms with Crippen molar-refractivity contribution in [3.05, 3.63) is 94.0 Å². The number of halogens is 2. The van der Waals surface area contributed by atoms with E-state index in [9.17, 15) is 0 Å². The molecule has 0 saturated carbocycles. The maximum absolute atomic E-state index is 5.76. The van der Waals surface area contributed by atoms with E-state index in [0.717, 1.165) is 11.3 Å². The molecular formula is C27H27Cl2OSiZr. The Bertz CT molecular complexity index is 1220. The summed E-state index contributed by atoms with van der Waals surface area (Å²) >= 11 is 1.58. The summed E-state index contributed by atoms with van der Waals surface area (Å²) in [4.78, 5) is 0. The van der Waals surface area contributed by atoms with E-state index in [1.165, 1.54) is 39.2 Å². The van der Waals surface area contributed by atoms with Crippen molar-refractivity contribution in [2.75, 3.05) is 0 Å². The SMILES string of the molecule is CC1=C2c3oc(C)cc3C1[Si]2(C)C.CC1=Cc2c(-c3ccccc3)cccc2[CH]1[Zr+2].[Cl-].[Cl-].